The molecule has 0 bridgehead atoms. The molecule has 0 unspecified atom stereocenters. The molecule has 158 valence electrons. The van der Waals surface area contributed by atoms with Crippen LogP contribution in [0.1, 0.15) is 28.9 Å². The molecule has 0 radical (unpaired) electrons. The van der Waals surface area contributed by atoms with Gasteiger partial charge in [0.25, 0.3) is 0 Å². The number of hydrogen-bond donors (Lipinski definition) is 1. The zero-order valence-electron chi connectivity index (χ0n) is 16.7. The number of carbonyl (C=O) groups is 1. The molecule has 5 rings (SSSR count). The number of nitrogens with zero attached hydrogens (tertiary/aromatic N) is 3. The number of carboxylic acid groups (broad SMARTS) is 1. The van der Waals surface area contributed by atoms with E-state index in [1.54, 1.807) is 30.5 Å². The fraction of sp³-hybridized carbons (Fsp3) is 0.217. The molecule has 8 heteroatoms. The molecule has 1 aliphatic rings. The van der Waals surface area contributed by atoms with Gasteiger partial charge in [0.1, 0.15) is 0 Å². The second kappa shape index (κ2) is 7.73. The van der Waals surface area contributed by atoms with Crippen LogP contribution in [-0.4, -0.2) is 25.4 Å². The Morgan fingerprint density at radius 2 is 2.13 bits per heavy atom. The quantitative estimate of drug-likeness (QED) is 0.376. The van der Waals surface area contributed by atoms with Crippen LogP contribution in [0, 0.1) is 18.7 Å². The maximum Gasteiger partial charge on any atom is 0.335 e. The van der Waals surface area contributed by atoms with E-state index in [2.05, 4.69) is 5.10 Å². The van der Waals surface area contributed by atoms with Gasteiger partial charge in [-0.25, -0.2) is 9.18 Å². The monoisotopic (exact) mass is 455 g/mol. The number of carboxylic acids is 1. The number of aromatic nitrogens is 3. The van der Waals surface area contributed by atoms with Crippen LogP contribution in [0.5, 0.6) is 0 Å². The van der Waals surface area contributed by atoms with Crippen molar-refractivity contribution in [1.82, 2.24) is 14.3 Å². The van der Waals surface area contributed by atoms with Crippen molar-refractivity contribution in [3.63, 3.8) is 0 Å². The van der Waals surface area contributed by atoms with E-state index >= 15 is 4.39 Å². The van der Waals surface area contributed by atoms with Gasteiger partial charge in [-0.2, -0.15) is 5.10 Å². The average molecular weight is 456 g/mol. The maximum atomic E-state index is 15.2. The molecule has 0 aliphatic heterocycles. The van der Waals surface area contributed by atoms with Crippen LogP contribution in [-0.2, 0) is 6.54 Å². The molecular weight excluding hydrogens is 437 g/mol. The van der Waals surface area contributed by atoms with Crippen molar-refractivity contribution < 1.29 is 14.3 Å². The molecule has 1 fully saturated rings. The van der Waals surface area contributed by atoms with Gasteiger partial charge in [-0.1, -0.05) is 29.4 Å². The molecule has 0 atom stereocenters. The number of benzene rings is 2. The molecule has 2 aromatic heterocycles. The zero-order valence-corrected chi connectivity index (χ0v) is 18.3. The minimum atomic E-state index is -0.984. The van der Waals surface area contributed by atoms with Crippen LogP contribution >= 0.6 is 23.4 Å². The van der Waals surface area contributed by atoms with Gasteiger partial charge in [0.2, 0.25) is 0 Å². The summed E-state index contributed by atoms with van der Waals surface area (Å²) in [5.74, 6) is -0.792. The summed E-state index contributed by atoms with van der Waals surface area (Å²) in [6, 6.07) is 10.1. The molecule has 2 heterocycles. The Hall–Kier alpha value is -2.77. The third kappa shape index (κ3) is 3.72. The first-order valence-corrected chi connectivity index (χ1v) is 11.1. The summed E-state index contributed by atoms with van der Waals surface area (Å²) in [5, 5.41) is 14.5. The lowest BCUT2D eigenvalue weighted by Crippen LogP contribution is -2.00. The minimum absolute atomic E-state index is 0.0565. The van der Waals surface area contributed by atoms with Crippen LogP contribution in [0.2, 0.25) is 5.02 Å². The fourth-order valence-electron chi connectivity index (χ4n) is 3.80. The zero-order chi connectivity index (χ0) is 21.7. The van der Waals surface area contributed by atoms with Crippen molar-refractivity contribution in [1.29, 1.82) is 0 Å². The first kappa shape index (κ1) is 20.2. The summed E-state index contributed by atoms with van der Waals surface area (Å²) in [7, 11) is 0. The average Bonchev–Trinajstić information content (AvgIpc) is 3.37. The highest BCUT2D eigenvalue weighted by atomic mass is 35.5. The van der Waals surface area contributed by atoms with Crippen LogP contribution < -0.4 is 0 Å². The Kier molecular flexibility index (Phi) is 5.02. The molecule has 2 aromatic carbocycles. The van der Waals surface area contributed by atoms with E-state index in [9.17, 15) is 9.90 Å². The van der Waals surface area contributed by atoms with Gasteiger partial charge < -0.3 is 9.67 Å². The molecule has 5 nitrogen and oxygen atoms in total. The summed E-state index contributed by atoms with van der Waals surface area (Å²) < 4.78 is 19.0. The Labute approximate surface area is 187 Å². The Morgan fingerprint density at radius 3 is 2.87 bits per heavy atom. The van der Waals surface area contributed by atoms with Gasteiger partial charge in [-0.15, -0.1) is 0 Å². The summed E-state index contributed by atoms with van der Waals surface area (Å²) in [5.41, 5.74) is 2.22. The molecular formula is C23H19ClFN3O2S. The Balaban J connectivity index is 1.65. The molecule has 1 saturated carbocycles. The number of halogens is 2. The predicted molar refractivity (Wildman–Crippen MR) is 119 cm³/mol. The lowest BCUT2D eigenvalue weighted by Gasteiger charge is -2.07. The summed E-state index contributed by atoms with van der Waals surface area (Å²) in [6.45, 7) is 2.79. The van der Waals surface area contributed by atoms with Crippen molar-refractivity contribution in [2.75, 3.05) is 0 Å². The highest BCUT2D eigenvalue weighted by Gasteiger charge is 2.24. The Bertz CT molecular complexity index is 1330. The van der Waals surface area contributed by atoms with Crippen molar-refractivity contribution in [2.45, 2.75) is 36.1 Å². The van der Waals surface area contributed by atoms with Crippen LogP contribution in [0.4, 0.5) is 4.39 Å². The standard InChI is InChI=1S/C23H19ClFN3O2S/c1-13-22(31-17-4-2-3-15(9-17)23(29)30)18-7-8-19(24)20(25)21(18)28(13)16-10-26-27(12-16)11-14-5-6-14/h2-4,7-10,12,14H,5-6,11H2,1H3,(H,29,30). The number of aromatic carboxylic acids is 1. The number of fused-ring (bicyclic) bond motifs is 1. The molecule has 0 amide bonds. The molecule has 1 N–H and O–H groups in total. The third-order valence-electron chi connectivity index (χ3n) is 5.52. The van der Waals surface area contributed by atoms with E-state index in [0.29, 0.717) is 11.4 Å². The second-order valence-corrected chi connectivity index (χ2v) is 9.30. The summed E-state index contributed by atoms with van der Waals surface area (Å²) >= 11 is 7.54. The van der Waals surface area contributed by atoms with E-state index in [1.807, 2.05) is 34.5 Å². The highest BCUT2D eigenvalue weighted by molar-refractivity contribution is 7.99. The topological polar surface area (TPSA) is 60.0 Å². The van der Waals surface area contributed by atoms with Gasteiger partial charge in [0.05, 0.1) is 28.0 Å². The molecule has 4 aromatic rings. The van der Waals surface area contributed by atoms with Gasteiger partial charge >= 0.3 is 5.97 Å². The molecule has 0 spiro atoms. The lowest BCUT2D eigenvalue weighted by atomic mass is 10.2. The van der Waals surface area contributed by atoms with Gasteiger partial charge in [-0.05, 0) is 56.0 Å². The molecule has 0 saturated heterocycles. The third-order valence-corrected chi connectivity index (χ3v) is 7.02. The normalized spacial score (nSPS) is 13.8. The van der Waals surface area contributed by atoms with Crippen molar-refractivity contribution in [2.24, 2.45) is 5.92 Å². The smallest absolute Gasteiger partial charge is 0.335 e. The van der Waals surface area contributed by atoms with Crippen molar-refractivity contribution >= 4 is 40.2 Å². The van der Waals surface area contributed by atoms with Crippen LogP contribution in [0.25, 0.3) is 16.6 Å². The lowest BCUT2D eigenvalue weighted by molar-refractivity contribution is 0.0696. The van der Waals surface area contributed by atoms with E-state index in [1.165, 1.54) is 24.6 Å². The number of rotatable bonds is 6. The Morgan fingerprint density at radius 1 is 1.32 bits per heavy atom. The van der Waals surface area contributed by atoms with Gasteiger partial charge in [0.15, 0.2) is 5.82 Å². The van der Waals surface area contributed by atoms with Crippen LogP contribution in [0.15, 0.2) is 58.6 Å². The summed E-state index contributed by atoms with van der Waals surface area (Å²) in [6.07, 6.45) is 6.13. The largest absolute Gasteiger partial charge is 0.478 e. The van der Waals surface area contributed by atoms with E-state index in [4.69, 9.17) is 11.6 Å². The van der Waals surface area contributed by atoms with Gasteiger partial charge in [0, 0.05) is 33.6 Å². The van der Waals surface area contributed by atoms with Crippen LogP contribution in [0.3, 0.4) is 0 Å². The number of hydrogen-bond acceptors (Lipinski definition) is 3. The fourth-order valence-corrected chi connectivity index (χ4v) is 5.04. The first-order chi connectivity index (χ1) is 14.9. The minimum Gasteiger partial charge on any atom is -0.478 e. The first-order valence-electron chi connectivity index (χ1n) is 9.95. The molecule has 31 heavy (non-hydrogen) atoms. The van der Waals surface area contributed by atoms with Crippen molar-refractivity contribution in [3.8, 4) is 5.69 Å². The second-order valence-electron chi connectivity index (χ2n) is 7.81. The van der Waals surface area contributed by atoms with E-state index < -0.39 is 11.8 Å². The van der Waals surface area contributed by atoms with E-state index in [-0.39, 0.29) is 10.6 Å². The SMILES string of the molecule is Cc1c(Sc2cccc(C(=O)O)c2)c2ccc(Cl)c(F)c2n1-c1cnn(CC2CC2)c1. The highest BCUT2D eigenvalue weighted by Crippen LogP contribution is 2.42. The van der Waals surface area contributed by atoms with Crippen molar-refractivity contribution in [3.05, 3.63) is 70.9 Å². The van der Waals surface area contributed by atoms with E-state index in [0.717, 1.165) is 33.1 Å². The maximum absolute atomic E-state index is 15.2. The molecule has 1 aliphatic carbocycles. The van der Waals surface area contributed by atoms with Gasteiger partial charge in [-0.3, -0.25) is 4.68 Å². The summed E-state index contributed by atoms with van der Waals surface area (Å²) in [4.78, 5) is 13.0. The predicted octanol–water partition coefficient (Wildman–Crippen LogP) is 6.19.